The number of nitrogens with one attached hydrogen (secondary N) is 1. The fourth-order valence-corrected chi connectivity index (χ4v) is 3.19. The highest BCUT2D eigenvalue weighted by molar-refractivity contribution is 7.99. The number of anilines is 1. The van der Waals surface area contributed by atoms with E-state index in [1.165, 1.54) is 11.8 Å². The van der Waals surface area contributed by atoms with Crippen LogP contribution in [0.2, 0.25) is 5.02 Å². The number of rotatable bonds is 5. The fourth-order valence-electron chi connectivity index (χ4n) is 2.27. The Hall–Kier alpha value is -2.38. The number of carbonyl (C=O) groups is 1. The lowest BCUT2D eigenvalue weighted by atomic mass is 10.2. The zero-order chi connectivity index (χ0) is 17.8. The molecule has 128 valence electrons. The topological polar surface area (TPSA) is 72.7 Å². The summed E-state index contributed by atoms with van der Waals surface area (Å²) in [4.78, 5) is 12.2. The Labute approximate surface area is 154 Å². The molecule has 1 heterocycles. The molecule has 0 saturated heterocycles. The lowest BCUT2D eigenvalue weighted by molar-refractivity contribution is -0.113. The van der Waals surface area contributed by atoms with Gasteiger partial charge in [-0.1, -0.05) is 35.5 Å². The van der Waals surface area contributed by atoms with E-state index < -0.39 is 0 Å². The predicted octanol–water partition coefficient (Wildman–Crippen LogP) is 3.66. The van der Waals surface area contributed by atoms with Gasteiger partial charge in [0.1, 0.15) is 0 Å². The van der Waals surface area contributed by atoms with Gasteiger partial charge in [-0.05, 0) is 65.7 Å². The highest BCUT2D eigenvalue weighted by Gasteiger charge is 2.12. The number of nitrogens with zero attached hydrogens (tertiary/aromatic N) is 4. The third-order valence-corrected chi connectivity index (χ3v) is 4.64. The molecule has 1 amide bonds. The van der Waals surface area contributed by atoms with Crippen LogP contribution < -0.4 is 5.32 Å². The van der Waals surface area contributed by atoms with Crippen LogP contribution in [-0.2, 0) is 4.79 Å². The number of amides is 1. The molecule has 0 unspecified atom stereocenters. The van der Waals surface area contributed by atoms with Gasteiger partial charge in [0, 0.05) is 10.7 Å². The lowest BCUT2D eigenvalue weighted by Gasteiger charge is -2.08. The molecule has 1 N–H and O–H groups in total. The molecule has 0 saturated carbocycles. The number of thioether (sulfide) groups is 1. The summed E-state index contributed by atoms with van der Waals surface area (Å²) >= 11 is 7.21. The van der Waals surface area contributed by atoms with Crippen molar-refractivity contribution in [3.8, 4) is 5.69 Å². The number of halogens is 1. The Balaban J connectivity index is 1.66. The third kappa shape index (κ3) is 4.37. The van der Waals surface area contributed by atoms with E-state index >= 15 is 0 Å². The Morgan fingerprint density at radius 3 is 2.84 bits per heavy atom. The minimum Gasteiger partial charge on any atom is -0.325 e. The maximum absolute atomic E-state index is 12.2. The summed E-state index contributed by atoms with van der Waals surface area (Å²) in [5.41, 5.74) is 3.63. The number of carbonyl (C=O) groups excluding carboxylic acids is 1. The second kappa shape index (κ2) is 7.67. The largest absolute Gasteiger partial charge is 0.325 e. The van der Waals surface area contributed by atoms with Crippen LogP contribution in [0.1, 0.15) is 11.1 Å². The van der Waals surface area contributed by atoms with Gasteiger partial charge in [-0.15, -0.1) is 5.10 Å². The summed E-state index contributed by atoms with van der Waals surface area (Å²) in [6, 6.07) is 13.2. The molecule has 0 aliphatic carbocycles. The van der Waals surface area contributed by atoms with Crippen molar-refractivity contribution < 1.29 is 4.79 Å². The van der Waals surface area contributed by atoms with E-state index in [1.54, 1.807) is 16.8 Å². The van der Waals surface area contributed by atoms with Gasteiger partial charge in [-0.2, -0.15) is 4.68 Å². The quantitative estimate of drug-likeness (QED) is 0.691. The Bertz CT molecular complexity index is 912. The number of benzene rings is 2. The standard InChI is InChI=1S/C17H16ClN5OS/c1-11-4-3-5-14(8-11)23-17(20-21-22-23)25-10-16(24)19-15-7-6-13(18)9-12(15)2/h3-9H,10H2,1-2H3,(H,19,24). The van der Waals surface area contributed by atoms with Gasteiger partial charge in [0.05, 0.1) is 11.4 Å². The van der Waals surface area contributed by atoms with Gasteiger partial charge in [0.2, 0.25) is 11.1 Å². The van der Waals surface area contributed by atoms with Gasteiger partial charge in [-0.25, -0.2) is 0 Å². The molecule has 25 heavy (non-hydrogen) atoms. The predicted molar refractivity (Wildman–Crippen MR) is 99.4 cm³/mol. The highest BCUT2D eigenvalue weighted by atomic mass is 35.5. The maximum atomic E-state index is 12.2. The van der Waals surface area contributed by atoms with Gasteiger partial charge in [0.15, 0.2) is 0 Å². The molecule has 0 radical (unpaired) electrons. The summed E-state index contributed by atoms with van der Waals surface area (Å²) in [7, 11) is 0. The number of aromatic nitrogens is 4. The van der Waals surface area contributed by atoms with Crippen LogP contribution >= 0.6 is 23.4 Å². The van der Waals surface area contributed by atoms with Crippen molar-refractivity contribution in [1.82, 2.24) is 20.2 Å². The number of hydrogen-bond acceptors (Lipinski definition) is 5. The lowest BCUT2D eigenvalue weighted by Crippen LogP contribution is -2.15. The van der Waals surface area contributed by atoms with Gasteiger partial charge in [-0.3, -0.25) is 4.79 Å². The van der Waals surface area contributed by atoms with Crippen LogP contribution in [0.3, 0.4) is 0 Å². The van der Waals surface area contributed by atoms with Gasteiger partial charge in [0.25, 0.3) is 0 Å². The Morgan fingerprint density at radius 1 is 1.24 bits per heavy atom. The molecule has 1 aromatic heterocycles. The molecule has 0 aliphatic heterocycles. The summed E-state index contributed by atoms with van der Waals surface area (Å²) < 4.78 is 1.62. The normalized spacial score (nSPS) is 10.7. The first-order valence-corrected chi connectivity index (χ1v) is 8.93. The number of hydrogen-bond donors (Lipinski definition) is 1. The Kier molecular flexibility index (Phi) is 5.35. The van der Waals surface area contributed by atoms with Crippen molar-refractivity contribution in [3.63, 3.8) is 0 Å². The molecule has 0 atom stereocenters. The first-order chi connectivity index (χ1) is 12.0. The van der Waals surface area contributed by atoms with Crippen LogP contribution in [-0.4, -0.2) is 31.9 Å². The Morgan fingerprint density at radius 2 is 2.08 bits per heavy atom. The molecular weight excluding hydrogens is 358 g/mol. The van der Waals surface area contributed by atoms with Crippen molar-refractivity contribution in [1.29, 1.82) is 0 Å². The van der Waals surface area contributed by atoms with Crippen LogP contribution in [0.5, 0.6) is 0 Å². The number of tetrazole rings is 1. The third-order valence-electron chi connectivity index (χ3n) is 3.48. The van der Waals surface area contributed by atoms with E-state index in [2.05, 4.69) is 20.8 Å². The van der Waals surface area contributed by atoms with E-state index in [-0.39, 0.29) is 11.7 Å². The second-order valence-electron chi connectivity index (χ2n) is 5.51. The molecule has 0 fully saturated rings. The van der Waals surface area contributed by atoms with Crippen molar-refractivity contribution in [3.05, 3.63) is 58.6 Å². The first-order valence-electron chi connectivity index (χ1n) is 7.57. The second-order valence-corrected chi connectivity index (χ2v) is 6.89. The molecule has 6 nitrogen and oxygen atoms in total. The molecule has 3 rings (SSSR count). The first kappa shape index (κ1) is 17.4. The van der Waals surface area contributed by atoms with E-state index in [9.17, 15) is 4.79 Å². The minimum absolute atomic E-state index is 0.130. The van der Waals surface area contributed by atoms with Crippen molar-refractivity contribution >= 4 is 35.0 Å². The summed E-state index contributed by atoms with van der Waals surface area (Å²) in [5, 5.41) is 15.8. The van der Waals surface area contributed by atoms with Crippen molar-refractivity contribution in [2.24, 2.45) is 0 Å². The van der Waals surface area contributed by atoms with Crippen LogP contribution in [0.25, 0.3) is 5.69 Å². The number of aryl methyl sites for hydroxylation is 2. The van der Waals surface area contributed by atoms with Crippen LogP contribution in [0, 0.1) is 13.8 Å². The zero-order valence-corrected chi connectivity index (χ0v) is 15.3. The van der Waals surface area contributed by atoms with E-state index in [1.807, 2.05) is 44.2 Å². The summed E-state index contributed by atoms with van der Waals surface area (Å²) in [6.07, 6.45) is 0. The smallest absolute Gasteiger partial charge is 0.234 e. The fraction of sp³-hybridized carbons (Fsp3) is 0.176. The average Bonchev–Trinajstić information content (AvgIpc) is 3.04. The summed E-state index contributed by atoms with van der Waals surface area (Å²) in [5.74, 6) is 0.0723. The molecule has 2 aromatic carbocycles. The van der Waals surface area contributed by atoms with Crippen LogP contribution in [0.15, 0.2) is 47.6 Å². The summed E-state index contributed by atoms with van der Waals surface area (Å²) in [6.45, 7) is 3.90. The minimum atomic E-state index is -0.130. The van der Waals surface area contributed by atoms with E-state index in [4.69, 9.17) is 11.6 Å². The van der Waals surface area contributed by atoms with E-state index in [0.29, 0.717) is 10.2 Å². The van der Waals surface area contributed by atoms with E-state index in [0.717, 1.165) is 22.5 Å². The average molecular weight is 374 g/mol. The molecule has 0 bridgehead atoms. The van der Waals surface area contributed by atoms with Gasteiger partial charge < -0.3 is 5.32 Å². The molecule has 3 aromatic rings. The van der Waals surface area contributed by atoms with Gasteiger partial charge >= 0.3 is 0 Å². The SMILES string of the molecule is Cc1cccc(-n2nnnc2SCC(=O)Nc2ccc(Cl)cc2C)c1. The van der Waals surface area contributed by atoms with Crippen molar-refractivity contribution in [2.45, 2.75) is 19.0 Å². The maximum Gasteiger partial charge on any atom is 0.234 e. The highest BCUT2D eigenvalue weighted by Crippen LogP contribution is 2.22. The zero-order valence-electron chi connectivity index (χ0n) is 13.7. The monoisotopic (exact) mass is 373 g/mol. The van der Waals surface area contributed by atoms with Crippen LogP contribution in [0.4, 0.5) is 5.69 Å². The molecular formula is C17H16ClN5OS. The molecule has 8 heteroatoms. The molecule has 0 spiro atoms. The molecule has 0 aliphatic rings. The van der Waals surface area contributed by atoms with Crippen molar-refractivity contribution in [2.75, 3.05) is 11.1 Å².